The van der Waals surface area contributed by atoms with Gasteiger partial charge in [-0.1, -0.05) is 13.0 Å². The summed E-state index contributed by atoms with van der Waals surface area (Å²) in [7, 11) is 3.81. The molecule has 1 heterocycles. The Morgan fingerprint density at radius 2 is 1.87 bits per heavy atom. The summed E-state index contributed by atoms with van der Waals surface area (Å²) in [5, 5.41) is 3.12. The highest BCUT2D eigenvalue weighted by Gasteiger charge is 2.19. The van der Waals surface area contributed by atoms with Crippen LogP contribution in [0, 0.1) is 5.92 Å². The van der Waals surface area contributed by atoms with Gasteiger partial charge in [-0.3, -0.25) is 9.69 Å². The molecule has 2 fully saturated rings. The minimum atomic E-state index is -0.0268. The van der Waals surface area contributed by atoms with Gasteiger partial charge >= 0.3 is 0 Å². The van der Waals surface area contributed by atoms with E-state index in [-0.39, 0.29) is 5.91 Å². The van der Waals surface area contributed by atoms with Gasteiger partial charge in [-0.25, -0.2) is 0 Å². The molecule has 166 valence electrons. The van der Waals surface area contributed by atoms with Crippen molar-refractivity contribution in [3.63, 3.8) is 0 Å². The summed E-state index contributed by atoms with van der Waals surface area (Å²) < 4.78 is 11.5. The molecule has 1 saturated carbocycles. The van der Waals surface area contributed by atoms with E-state index in [9.17, 15) is 4.79 Å². The van der Waals surface area contributed by atoms with Gasteiger partial charge in [-0.05, 0) is 62.4 Å². The monoisotopic (exact) mass is 415 g/mol. The van der Waals surface area contributed by atoms with Crippen molar-refractivity contribution in [2.75, 3.05) is 53.5 Å². The molecule has 0 bridgehead atoms. The van der Waals surface area contributed by atoms with Crippen molar-refractivity contribution in [1.29, 1.82) is 0 Å². The maximum Gasteiger partial charge on any atom is 0.244 e. The second-order valence-corrected chi connectivity index (χ2v) is 8.70. The number of hydrogen-bond donors (Lipinski definition) is 1. The maximum atomic E-state index is 12.2. The number of nitrogens with one attached hydrogen (secondary N) is 1. The summed E-state index contributed by atoms with van der Waals surface area (Å²) in [4.78, 5) is 17.0. The first-order valence-electron chi connectivity index (χ1n) is 11.2. The fourth-order valence-electron chi connectivity index (χ4n) is 4.09. The van der Waals surface area contributed by atoms with Crippen LogP contribution in [0.25, 0.3) is 6.08 Å². The van der Waals surface area contributed by atoms with Gasteiger partial charge in [-0.2, -0.15) is 0 Å². The van der Waals surface area contributed by atoms with Gasteiger partial charge < -0.3 is 19.7 Å². The zero-order chi connectivity index (χ0) is 21.3. The lowest BCUT2D eigenvalue weighted by molar-refractivity contribution is -0.117. The Balaban J connectivity index is 1.47. The molecular formula is C24H37N3O3. The van der Waals surface area contributed by atoms with Crippen LogP contribution in [0.3, 0.4) is 0 Å². The van der Waals surface area contributed by atoms with E-state index in [1.54, 1.807) is 13.2 Å². The molecule has 1 amide bonds. The van der Waals surface area contributed by atoms with Crippen molar-refractivity contribution in [1.82, 2.24) is 15.1 Å². The molecule has 1 aliphatic carbocycles. The van der Waals surface area contributed by atoms with Crippen molar-refractivity contribution >= 4 is 12.0 Å². The smallest absolute Gasteiger partial charge is 0.244 e. The molecule has 6 nitrogen and oxygen atoms in total. The van der Waals surface area contributed by atoms with Gasteiger partial charge in [0.05, 0.1) is 7.11 Å². The van der Waals surface area contributed by atoms with Crippen LogP contribution >= 0.6 is 0 Å². The molecule has 0 aromatic heterocycles. The van der Waals surface area contributed by atoms with E-state index in [1.165, 1.54) is 12.8 Å². The number of carbonyl (C=O) groups is 1. The van der Waals surface area contributed by atoms with Gasteiger partial charge in [0.15, 0.2) is 11.5 Å². The Hall–Kier alpha value is -2.05. The van der Waals surface area contributed by atoms with E-state index < -0.39 is 0 Å². The fraction of sp³-hybridized carbons (Fsp3) is 0.625. The molecule has 0 spiro atoms. The number of methoxy groups -OCH3 is 1. The van der Waals surface area contributed by atoms with Crippen molar-refractivity contribution < 1.29 is 14.3 Å². The molecule has 1 saturated heterocycles. The van der Waals surface area contributed by atoms with E-state index in [1.807, 2.05) is 24.3 Å². The topological polar surface area (TPSA) is 54.0 Å². The number of likely N-dealkylation sites (N-methyl/N-ethyl adjacent to an activating group) is 1. The summed E-state index contributed by atoms with van der Waals surface area (Å²) >= 11 is 0. The number of ether oxygens (including phenoxy) is 2. The highest BCUT2D eigenvalue weighted by atomic mass is 16.5. The zero-order valence-corrected chi connectivity index (χ0v) is 18.7. The molecule has 1 aromatic rings. The van der Waals surface area contributed by atoms with E-state index in [4.69, 9.17) is 9.47 Å². The molecule has 1 aliphatic heterocycles. The molecule has 1 N–H and O–H groups in total. The highest BCUT2D eigenvalue weighted by molar-refractivity contribution is 5.92. The standard InChI is InChI=1S/C24H37N3O3/c1-19-4-8-21(9-5-19)25-24(28)11-7-20-6-10-22(23(18-20)29-3)30-17-16-27-14-12-26(2)13-15-27/h6-7,10-11,18-19,21H,4-5,8-9,12-17H2,1-3H3,(H,25,28)/b11-7+. The van der Waals surface area contributed by atoms with Crippen molar-refractivity contribution in [3.8, 4) is 11.5 Å². The van der Waals surface area contributed by atoms with E-state index in [2.05, 4.69) is 29.1 Å². The minimum Gasteiger partial charge on any atom is -0.493 e. The molecule has 0 unspecified atom stereocenters. The third kappa shape index (κ3) is 7.03. The summed E-state index contributed by atoms with van der Waals surface area (Å²) in [6.07, 6.45) is 7.99. The Labute approximate surface area is 181 Å². The largest absolute Gasteiger partial charge is 0.493 e. The lowest BCUT2D eigenvalue weighted by Gasteiger charge is -2.32. The highest BCUT2D eigenvalue weighted by Crippen LogP contribution is 2.28. The third-order valence-electron chi connectivity index (χ3n) is 6.24. The second kappa shape index (κ2) is 11.4. The number of amides is 1. The van der Waals surface area contributed by atoms with Crippen LogP contribution < -0.4 is 14.8 Å². The summed E-state index contributed by atoms with van der Waals surface area (Å²) in [6.45, 7) is 8.22. The molecule has 0 radical (unpaired) electrons. The average Bonchev–Trinajstić information content (AvgIpc) is 2.76. The van der Waals surface area contributed by atoms with Crippen LogP contribution in [-0.4, -0.2) is 75.2 Å². The quantitative estimate of drug-likeness (QED) is 0.662. The molecule has 1 aromatic carbocycles. The average molecular weight is 416 g/mol. The normalized spacial score (nSPS) is 23.4. The number of carbonyl (C=O) groups excluding carboxylic acids is 1. The van der Waals surface area contributed by atoms with E-state index >= 15 is 0 Å². The predicted octanol–water partition coefficient (Wildman–Crippen LogP) is 3.03. The first-order chi connectivity index (χ1) is 14.5. The summed E-state index contributed by atoms with van der Waals surface area (Å²) in [5.74, 6) is 2.19. The number of hydrogen-bond acceptors (Lipinski definition) is 5. The van der Waals surface area contributed by atoms with E-state index in [0.29, 0.717) is 18.4 Å². The first kappa shape index (κ1) is 22.6. The van der Waals surface area contributed by atoms with Gasteiger partial charge in [0.25, 0.3) is 0 Å². The van der Waals surface area contributed by atoms with Crippen LogP contribution in [0.2, 0.25) is 0 Å². The molecule has 3 rings (SSSR count). The van der Waals surface area contributed by atoms with Crippen molar-refractivity contribution in [2.45, 2.75) is 38.6 Å². The fourth-order valence-corrected chi connectivity index (χ4v) is 4.09. The molecule has 30 heavy (non-hydrogen) atoms. The van der Waals surface area contributed by atoms with Crippen molar-refractivity contribution in [3.05, 3.63) is 29.8 Å². The van der Waals surface area contributed by atoms with Crippen LogP contribution in [-0.2, 0) is 4.79 Å². The molecule has 6 heteroatoms. The number of rotatable bonds is 8. The summed E-state index contributed by atoms with van der Waals surface area (Å²) in [6, 6.07) is 6.10. The molecule has 2 aliphatic rings. The SMILES string of the molecule is COc1cc(/C=C/C(=O)NC2CCC(C)CC2)ccc1OCCN1CCN(C)CC1. The van der Waals surface area contributed by atoms with Gasteiger partial charge in [-0.15, -0.1) is 0 Å². The lowest BCUT2D eigenvalue weighted by atomic mass is 9.87. The van der Waals surface area contributed by atoms with Gasteiger partial charge in [0.1, 0.15) is 6.61 Å². The summed E-state index contributed by atoms with van der Waals surface area (Å²) in [5.41, 5.74) is 0.922. The predicted molar refractivity (Wildman–Crippen MR) is 121 cm³/mol. The van der Waals surface area contributed by atoms with Crippen molar-refractivity contribution in [2.24, 2.45) is 5.92 Å². The molecule has 0 atom stereocenters. The van der Waals surface area contributed by atoms with Gasteiger partial charge in [0.2, 0.25) is 5.91 Å². The minimum absolute atomic E-state index is 0.0268. The Bertz CT molecular complexity index is 706. The van der Waals surface area contributed by atoms with E-state index in [0.717, 1.165) is 62.8 Å². The number of benzene rings is 1. The number of piperazine rings is 1. The van der Waals surface area contributed by atoms with Crippen LogP contribution in [0.4, 0.5) is 0 Å². The first-order valence-corrected chi connectivity index (χ1v) is 11.2. The number of nitrogens with zero attached hydrogens (tertiary/aromatic N) is 2. The third-order valence-corrected chi connectivity index (χ3v) is 6.24. The van der Waals surface area contributed by atoms with Gasteiger partial charge in [0, 0.05) is 44.8 Å². The Morgan fingerprint density at radius 3 is 2.57 bits per heavy atom. The lowest BCUT2D eigenvalue weighted by Crippen LogP contribution is -2.45. The van der Waals surface area contributed by atoms with Crippen LogP contribution in [0.1, 0.15) is 38.2 Å². The maximum absolute atomic E-state index is 12.2. The Kier molecular flexibility index (Phi) is 8.58. The van der Waals surface area contributed by atoms with Crippen LogP contribution in [0.5, 0.6) is 11.5 Å². The Morgan fingerprint density at radius 1 is 1.13 bits per heavy atom. The second-order valence-electron chi connectivity index (χ2n) is 8.70. The zero-order valence-electron chi connectivity index (χ0n) is 18.7. The van der Waals surface area contributed by atoms with Crippen LogP contribution in [0.15, 0.2) is 24.3 Å². The molecular weight excluding hydrogens is 378 g/mol.